The fourth-order valence-electron chi connectivity index (χ4n) is 1.12. The van der Waals surface area contributed by atoms with Crippen LogP contribution in [0.3, 0.4) is 0 Å². The number of amides is 1. The summed E-state index contributed by atoms with van der Waals surface area (Å²) >= 11 is 0. The van der Waals surface area contributed by atoms with E-state index in [0.29, 0.717) is 0 Å². The van der Waals surface area contributed by atoms with Gasteiger partial charge in [-0.1, -0.05) is 20.3 Å². The molecule has 0 aliphatic rings. The molecule has 1 amide bonds. The Morgan fingerprint density at radius 2 is 1.94 bits per heavy atom. The number of nitrogens with two attached hydrogens (primary N) is 1. The van der Waals surface area contributed by atoms with Gasteiger partial charge in [0.15, 0.2) is 0 Å². The molecule has 0 aliphatic heterocycles. The quantitative estimate of drug-likeness (QED) is 0.641. The van der Waals surface area contributed by atoms with Gasteiger partial charge in [-0.3, -0.25) is 4.79 Å². The Balaban J connectivity index is 4.11. The Kier molecular flexibility index (Phi) is 6.66. The first-order valence-corrected chi connectivity index (χ1v) is 7.26. The molecule has 2 atom stereocenters. The lowest BCUT2D eigenvalue weighted by atomic mass is 9.99. The molecule has 0 aromatic heterocycles. The number of sulfonamides is 1. The minimum Gasteiger partial charge on any atom is -0.354 e. The maximum atomic E-state index is 11.6. The predicted molar refractivity (Wildman–Crippen MR) is 67.9 cm³/mol. The Morgan fingerprint density at radius 1 is 1.41 bits per heavy atom. The van der Waals surface area contributed by atoms with Gasteiger partial charge < -0.3 is 11.1 Å². The van der Waals surface area contributed by atoms with Crippen LogP contribution in [0.1, 0.15) is 20.3 Å². The van der Waals surface area contributed by atoms with E-state index < -0.39 is 16.1 Å². The number of carbonyl (C=O) groups excluding carboxylic acids is 1. The van der Waals surface area contributed by atoms with Gasteiger partial charge in [-0.25, -0.2) is 12.7 Å². The van der Waals surface area contributed by atoms with Crippen molar-refractivity contribution in [3.8, 4) is 0 Å². The maximum Gasteiger partial charge on any atom is 0.237 e. The number of nitrogens with zero attached hydrogens (tertiary/aromatic N) is 1. The maximum absolute atomic E-state index is 11.6. The van der Waals surface area contributed by atoms with Gasteiger partial charge >= 0.3 is 0 Å². The van der Waals surface area contributed by atoms with Crippen LogP contribution in [0.5, 0.6) is 0 Å². The van der Waals surface area contributed by atoms with Crippen molar-refractivity contribution >= 4 is 15.9 Å². The average Bonchev–Trinajstić information content (AvgIpc) is 2.26. The molecular weight excluding hydrogens is 242 g/mol. The topological polar surface area (TPSA) is 92.5 Å². The van der Waals surface area contributed by atoms with E-state index in [0.717, 1.165) is 10.7 Å². The van der Waals surface area contributed by atoms with E-state index in [2.05, 4.69) is 5.32 Å². The van der Waals surface area contributed by atoms with E-state index in [1.54, 1.807) is 0 Å². The van der Waals surface area contributed by atoms with Crippen LogP contribution in [0.2, 0.25) is 0 Å². The number of hydrogen-bond acceptors (Lipinski definition) is 4. The fourth-order valence-corrected chi connectivity index (χ4v) is 1.84. The summed E-state index contributed by atoms with van der Waals surface area (Å²) in [5.74, 6) is -0.326. The molecule has 0 radical (unpaired) electrons. The van der Waals surface area contributed by atoms with Crippen molar-refractivity contribution in [2.24, 2.45) is 11.7 Å². The lowest BCUT2D eigenvalue weighted by Gasteiger charge is -2.18. The zero-order chi connectivity index (χ0) is 13.6. The Morgan fingerprint density at radius 3 is 2.35 bits per heavy atom. The van der Waals surface area contributed by atoms with Gasteiger partial charge in [0, 0.05) is 20.6 Å². The SMILES string of the molecule is CC[C@H](C)[C@H](N)C(=O)NCCS(=O)(=O)N(C)C. The third kappa shape index (κ3) is 5.47. The average molecular weight is 265 g/mol. The van der Waals surface area contributed by atoms with Crippen LogP contribution in [-0.4, -0.2) is 51.1 Å². The molecule has 102 valence electrons. The van der Waals surface area contributed by atoms with Gasteiger partial charge in [-0.05, 0) is 5.92 Å². The van der Waals surface area contributed by atoms with Crippen LogP contribution in [-0.2, 0) is 14.8 Å². The minimum absolute atomic E-state index is 0.0838. The first-order chi connectivity index (χ1) is 7.72. The number of rotatable bonds is 7. The lowest BCUT2D eigenvalue weighted by Crippen LogP contribution is -2.46. The smallest absolute Gasteiger partial charge is 0.237 e. The van der Waals surface area contributed by atoms with Crippen molar-refractivity contribution < 1.29 is 13.2 Å². The fraction of sp³-hybridized carbons (Fsp3) is 0.900. The van der Waals surface area contributed by atoms with Crippen LogP contribution in [0.4, 0.5) is 0 Å². The molecule has 6 nitrogen and oxygen atoms in total. The molecule has 0 aromatic rings. The van der Waals surface area contributed by atoms with Gasteiger partial charge in [-0.2, -0.15) is 0 Å². The highest BCUT2D eigenvalue weighted by Gasteiger charge is 2.20. The first-order valence-electron chi connectivity index (χ1n) is 5.65. The van der Waals surface area contributed by atoms with E-state index in [-0.39, 0.29) is 24.1 Å². The van der Waals surface area contributed by atoms with E-state index in [1.807, 2.05) is 13.8 Å². The molecule has 7 heteroatoms. The molecule has 3 N–H and O–H groups in total. The van der Waals surface area contributed by atoms with Gasteiger partial charge in [-0.15, -0.1) is 0 Å². The van der Waals surface area contributed by atoms with Gasteiger partial charge in [0.05, 0.1) is 11.8 Å². The van der Waals surface area contributed by atoms with Crippen molar-refractivity contribution in [2.45, 2.75) is 26.3 Å². The lowest BCUT2D eigenvalue weighted by molar-refractivity contribution is -0.123. The molecule has 0 aliphatic carbocycles. The highest BCUT2D eigenvalue weighted by Crippen LogP contribution is 2.04. The van der Waals surface area contributed by atoms with Crippen molar-refractivity contribution in [1.29, 1.82) is 0 Å². The summed E-state index contributed by atoms with van der Waals surface area (Å²) in [7, 11) is -0.347. The third-order valence-corrected chi connectivity index (χ3v) is 4.61. The van der Waals surface area contributed by atoms with E-state index in [9.17, 15) is 13.2 Å². The summed E-state index contributed by atoms with van der Waals surface area (Å²) in [5, 5.41) is 2.54. The molecule has 0 bridgehead atoms. The normalized spacial score (nSPS) is 15.6. The number of carbonyl (C=O) groups is 1. The van der Waals surface area contributed by atoms with Crippen molar-refractivity contribution in [3.63, 3.8) is 0 Å². The number of hydrogen-bond donors (Lipinski definition) is 2. The largest absolute Gasteiger partial charge is 0.354 e. The molecule has 0 unspecified atom stereocenters. The van der Waals surface area contributed by atoms with Gasteiger partial charge in [0.25, 0.3) is 0 Å². The molecule has 0 saturated carbocycles. The molecule has 0 fully saturated rings. The van der Waals surface area contributed by atoms with Crippen molar-refractivity contribution in [2.75, 3.05) is 26.4 Å². The second kappa shape index (κ2) is 6.93. The van der Waals surface area contributed by atoms with Crippen LogP contribution in [0, 0.1) is 5.92 Å². The molecule has 17 heavy (non-hydrogen) atoms. The molecule has 0 spiro atoms. The summed E-state index contributed by atoms with van der Waals surface area (Å²) in [6.07, 6.45) is 0.810. The standard InChI is InChI=1S/C10H23N3O3S/c1-5-8(2)9(11)10(14)12-6-7-17(15,16)13(3)4/h8-9H,5-7,11H2,1-4H3,(H,12,14)/t8-,9-/m0/s1. The minimum atomic E-state index is -3.27. The summed E-state index contributed by atoms with van der Waals surface area (Å²) in [4.78, 5) is 11.6. The zero-order valence-corrected chi connectivity index (χ0v) is 11.8. The summed E-state index contributed by atoms with van der Waals surface area (Å²) < 4.78 is 24.0. The molecular formula is C10H23N3O3S. The van der Waals surface area contributed by atoms with E-state index >= 15 is 0 Å². The van der Waals surface area contributed by atoms with Crippen LogP contribution in [0.25, 0.3) is 0 Å². The molecule has 0 aromatic carbocycles. The van der Waals surface area contributed by atoms with Crippen LogP contribution >= 0.6 is 0 Å². The van der Waals surface area contributed by atoms with Gasteiger partial charge in [0.2, 0.25) is 15.9 Å². The Bertz CT molecular complexity index is 341. The summed E-state index contributed by atoms with van der Waals surface area (Å²) in [6, 6.07) is -0.581. The first kappa shape index (κ1) is 16.3. The van der Waals surface area contributed by atoms with Crippen LogP contribution < -0.4 is 11.1 Å². The zero-order valence-electron chi connectivity index (χ0n) is 10.9. The summed E-state index contributed by atoms with van der Waals surface area (Å²) in [5.41, 5.74) is 5.71. The predicted octanol–water partition coefficient (Wildman–Crippen LogP) is -0.633. The number of nitrogens with one attached hydrogen (secondary N) is 1. The van der Waals surface area contributed by atoms with Gasteiger partial charge in [0.1, 0.15) is 0 Å². The monoisotopic (exact) mass is 265 g/mol. The molecule has 0 heterocycles. The van der Waals surface area contributed by atoms with E-state index in [1.165, 1.54) is 14.1 Å². The Labute approximate surface area is 104 Å². The highest BCUT2D eigenvalue weighted by molar-refractivity contribution is 7.89. The highest BCUT2D eigenvalue weighted by atomic mass is 32.2. The van der Waals surface area contributed by atoms with Crippen LogP contribution in [0.15, 0.2) is 0 Å². The Hall–Kier alpha value is -0.660. The second-order valence-electron chi connectivity index (χ2n) is 4.30. The second-order valence-corrected chi connectivity index (χ2v) is 6.60. The molecule has 0 rings (SSSR count). The van der Waals surface area contributed by atoms with Crippen molar-refractivity contribution in [3.05, 3.63) is 0 Å². The van der Waals surface area contributed by atoms with E-state index in [4.69, 9.17) is 5.73 Å². The molecule has 0 saturated heterocycles. The third-order valence-electron chi connectivity index (χ3n) is 2.78. The van der Waals surface area contributed by atoms with Crippen molar-refractivity contribution in [1.82, 2.24) is 9.62 Å². The summed E-state index contributed by atoms with van der Waals surface area (Å²) in [6.45, 7) is 3.93.